The van der Waals surface area contributed by atoms with Crippen LogP contribution in [0.25, 0.3) is 0 Å². The van der Waals surface area contributed by atoms with E-state index in [-0.39, 0.29) is 0 Å². The molecular weight excluding hydrogens is 212 g/mol. The first-order chi connectivity index (χ1) is 8.33. The molecule has 1 saturated carbocycles. The summed E-state index contributed by atoms with van der Waals surface area (Å²) < 4.78 is 5.46. The van der Waals surface area contributed by atoms with Crippen LogP contribution in [0.5, 0.6) is 0 Å². The Morgan fingerprint density at radius 1 is 1.18 bits per heavy atom. The summed E-state index contributed by atoms with van der Waals surface area (Å²) in [6.07, 6.45) is 8.52. The Labute approximate surface area is 106 Å². The van der Waals surface area contributed by atoms with Crippen molar-refractivity contribution in [2.24, 2.45) is 5.92 Å². The zero-order valence-corrected chi connectivity index (χ0v) is 11.5. The number of rotatable bonds is 4. The van der Waals surface area contributed by atoms with Crippen molar-refractivity contribution in [3.05, 3.63) is 0 Å². The van der Waals surface area contributed by atoms with Crippen molar-refractivity contribution in [2.45, 2.75) is 50.7 Å². The van der Waals surface area contributed by atoms with Crippen molar-refractivity contribution < 1.29 is 4.74 Å². The summed E-state index contributed by atoms with van der Waals surface area (Å²) in [5, 5.41) is 3.33. The Hall–Kier alpha value is -0.120. The van der Waals surface area contributed by atoms with Gasteiger partial charge in [-0.1, -0.05) is 0 Å². The number of nitrogens with one attached hydrogen (secondary N) is 1. The van der Waals surface area contributed by atoms with Gasteiger partial charge < -0.3 is 15.0 Å². The summed E-state index contributed by atoms with van der Waals surface area (Å²) in [5.41, 5.74) is 0. The van der Waals surface area contributed by atoms with Gasteiger partial charge in [0.15, 0.2) is 0 Å². The predicted octanol–water partition coefficient (Wildman–Crippen LogP) is 1.88. The molecular formula is C14H28N2O. The maximum Gasteiger partial charge on any atom is 0.0572 e. The van der Waals surface area contributed by atoms with E-state index in [0.29, 0.717) is 6.10 Å². The van der Waals surface area contributed by atoms with Crippen molar-refractivity contribution in [2.75, 3.05) is 33.8 Å². The highest BCUT2D eigenvalue weighted by molar-refractivity contribution is 4.84. The average Bonchev–Trinajstić information content (AvgIpc) is 2.40. The fraction of sp³-hybridized carbons (Fsp3) is 1.00. The first kappa shape index (κ1) is 13.3. The van der Waals surface area contributed by atoms with Gasteiger partial charge >= 0.3 is 0 Å². The molecule has 0 spiro atoms. The van der Waals surface area contributed by atoms with Crippen molar-refractivity contribution >= 4 is 0 Å². The highest BCUT2D eigenvalue weighted by Crippen LogP contribution is 2.28. The fourth-order valence-electron chi connectivity index (χ4n) is 3.53. The Balaban J connectivity index is 1.77. The number of ether oxygens (including phenoxy) is 1. The first-order valence-electron chi connectivity index (χ1n) is 7.25. The molecule has 1 saturated heterocycles. The molecule has 1 aliphatic carbocycles. The van der Waals surface area contributed by atoms with Crippen LogP contribution < -0.4 is 5.32 Å². The number of nitrogens with zero attached hydrogens (tertiary/aromatic N) is 1. The lowest BCUT2D eigenvalue weighted by molar-refractivity contribution is 0.0266. The van der Waals surface area contributed by atoms with Crippen LogP contribution in [-0.4, -0.2) is 50.8 Å². The third-order valence-electron chi connectivity index (χ3n) is 4.54. The van der Waals surface area contributed by atoms with Crippen molar-refractivity contribution in [1.82, 2.24) is 10.2 Å². The van der Waals surface area contributed by atoms with E-state index in [1.807, 2.05) is 7.11 Å². The maximum atomic E-state index is 5.46. The van der Waals surface area contributed by atoms with E-state index in [4.69, 9.17) is 4.74 Å². The van der Waals surface area contributed by atoms with E-state index in [1.165, 1.54) is 58.2 Å². The molecule has 1 N–H and O–H groups in total. The largest absolute Gasteiger partial charge is 0.381 e. The fourth-order valence-corrected chi connectivity index (χ4v) is 3.53. The van der Waals surface area contributed by atoms with Gasteiger partial charge in [-0.05, 0) is 64.6 Å². The van der Waals surface area contributed by atoms with Gasteiger partial charge in [0.05, 0.1) is 6.10 Å². The molecule has 0 radical (unpaired) electrons. The molecule has 3 heteroatoms. The minimum Gasteiger partial charge on any atom is -0.381 e. The summed E-state index contributed by atoms with van der Waals surface area (Å²) in [6, 6.07) is 0.834. The second-order valence-corrected chi connectivity index (χ2v) is 5.73. The van der Waals surface area contributed by atoms with Crippen LogP contribution in [0.3, 0.4) is 0 Å². The lowest BCUT2D eigenvalue weighted by atomic mass is 9.89. The summed E-state index contributed by atoms with van der Waals surface area (Å²) in [4.78, 5) is 2.75. The second-order valence-electron chi connectivity index (χ2n) is 5.73. The Morgan fingerprint density at radius 3 is 2.59 bits per heavy atom. The van der Waals surface area contributed by atoms with Gasteiger partial charge in [-0.15, -0.1) is 0 Å². The SMILES string of the molecule is CNCC1CCCN(C2CCC(OC)CC2)C1. The zero-order chi connectivity index (χ0) is 12.1. The van der Waals surface area contributed by atoms with Gasteiger partial charge in [-0.3, -0.25) is 0 Å². The minimum absolute atomic E-state index is 0.532. The van der Waals surface area contributed by atoms with Crippen LogP contribution >= 0.6 is 0 Å². The molecule has 1 atom stereocenters. The molecule has 0 amide bonds. The van der Waals surface area contributed by atoms with E-state index in [0.717, 1.165) is 12.0 Å². The standard InChI is InChI=1S/C14H28N2O/c1-15-10-12-4-3-9-16(11-12)13-5-7-14(17-2)8-6-13/h12-15H,3-11H2,1-2H3. The van der Waals surface area contributed by atoms with Gasteiger partial charge in [0.1, 0.15) is 0 Å². The van der Waals surface area contributed by atoms with Crippen LogP contribution in [0.4, 0.5) is 0 Å². The average molecular weight is 240 g/mol. The van der Waals surface area contributed by atoms with E-state index >= 15 is 0 Å². The smallest absolute Gasteiger partial charge is 0.0572 e. The van der Waals surface area contributed by atoms with E-state index in [2.05, 4.69) is 17.3 Å². The first-order valence-corrected chi connectivity index (χ1v) is 7.25. The van der Waals surface area contributed by atoms with Crippen molar-refractivity contribution in [1.29, 1.82) is 0 Å². The van der Waals surface area contributed by atoms with Crippen molar-refractivity contribution in [3.8, 4) is 0 Å². The lowest BCUT2D eigenvalue weighted by Gasteiger charge is -2.41. The summed E-state index contributed by atoms with van der Waals surface area (Å²) >= 11 is 0. The monoisotopic (exact) mass is 240 g/mol. The van der Waals surface area contributed by atoms with Gasteiger partial charge in [-0.2, -0.15) is 0 Å². The Bertz CT molecular complexity index is 212. The third-order valence-corrected chi connectivity index (χ3v) is 4.54. The zero-order valence-electron chi connectivity index (χ0n) is 11.5. The highest BCUT2D eigenvalue weighted by atomic mass is 16.5. The Kier molecular flexibility index (Phi) is 5.26. The van der Waals surface area contributed by atoms with Crippen LogP contribution in [-0.2, 0) is 4.74 Å². The lowest BCUT2D eigenvalue weighted by Crippen LogP contribution is -2.46. The van der Waals surface area contributed by atoms with Crippen LogP contribution in [0.1, 0.15) is 38.5 Å². The summed E-state index contributed by atoms with van der Waals surface area (Å²) in [5.74, 6) is 0.869. The molecule has 2 aliphatic rings. The molecule has 2 fully saturated rings. The number of piperidine rings is 1. The summed E-state index contributed by atoms with van der Waals surface area (Å²) in [7, 11) is 3.93. The highest BCUT2D eigenvalue weighted by Gasteiger charge is 2.29. The minimum atomic E-state index is 0.532. The molecule has 17 heavy (non-hydrogen) atoms. The molecule has 1 unspecified atom stereocenters. The number of hydrogen-bond acceptors (Lipinski definition) is 3. The maximum absolute atomic E-state index is 5.46. The quantitative estimate of drug-likeness (QED) is 0.812. The molecule has 1 heterocycles. The van der Waals surface area contributed by atoms with Crippen LogP contribution in [0, 0.1) is 5.92 Å². The number of methoxy groups -OCH3 is 1. The molecule has 0 aromatic rings. The Morgan fingerprint density at radius 2 is 1.94 bits per heavy atom. The molecule has 0 aromatic carbocycles. The number of likely N-dealkylation sites (tertiary alicyclic amines) is 1. The van der Waals surface area contributed by atoms with Gasteiger partial charge in [-0.25, -0.2) is 0 Å². The van der Waals surface area contributed by atoms with Gasteiger partial charge in [0, 0.05) is 19.7 Å². The van der Waals surface area contributed by atoms with E-state index in [1.54, 1.807) is 0 Å². The van der Waals surface area contributed by atoms with Crippen LogP contribution in [0.15, 0.2) is 0 Å². The molecule has 2 rings (SSSR count). The predicted molar refractivity (Wildman–Crippen MR) is 71.3 cm³/mol. The molecule has 3 nitrogen and oxygen atoms in total. The van der Waals surface area contributed by atoms with Gasteiger partial charge in [0.25, 0.3) is 0 Å². The molecule has 0 bridgehead atoms. The second kappa shape index (κ2) is 6.72. The summed E-state index contributed by atoms with van der Waals surface area (Å²) in [6.45, 7) is 3.82. The van der Waals surface area contributed by atoms with Crippen LogP contribution in [0.2, 0.25) is 0 Å². The van der Waals surface area contributed by atoms with Gasteiger partial charge in [0.2, 0.25) is 0 Å². The van der Waals surface area contributed by atoms with E-state index < -0.39 is 0 Å². The molecule has 1 aliphatic heterocycles. The van der Waals surface area contributed by atoms with Crippen molar-refractivity contribution in [3.63, 3.8) is 0 Å². The third kappa shape index (κ3) is 3.67. The number of hydrogen-bond donors (Lipinski definition) is 1. The topological polar surface area (TPSA) is 24.5 Å². The molecule has 0 aromatic heterocycles. The van der Waals surface area contributed by atoms with E-state index in [9.17, 15) is 0 Å². The normalized spacial score (nSPS) is 36.0. The molecule has 100 valence electrons.